The summed E-state index contributed by atoms with van der Waals surface area (Å²) in [6, 6.07) is 0. The largest absolute Gasteiger partial charge is 0.481 e. The van der Waals surface area contributed by atoms with Crippen LogP contribution in [0.15, 0.2) is 24.3 Å². The lowest BCUT2D eigenvalue weighted by molar-refractivity contribution is -0.146. The molecule has 2 N–H and O–H groups in total. The summed E-state index contributed by atoms with van der Waals surface area (Å²) in [4.78, 5) is 22.2. The SMILES string of the molecule is CCC/C=C/C=C/[C@@H](CCC(=O)OC)[C@@H](CO)C(=O)O. The van der Waals surface area contributed by atoms with Crippen LogP contribution < -0.4 is 0 Å². The third kappa shape index (κ3) is 7.74. The van der Waals surface area contributed by atoms with E-state index in [1.807, 2.05) is 12.2 Å². The Hall–Kier alpha value is -1.62. The molecule has 114 valence electrons. The van der Waals surface area contributed by atoms with Gasteiger partial charge in [-0.1, -0.05) is 37.6 Å². The maximum absolute atomic E-state index is 11.1. The van der Waals surface area contributed by atoms with Crippen LogP contribution in [-0.4, -0.2) is 35.9 Å². The predicted molar refractivity (Wildman–Crippen MR) is 76.1 cm³/mol. The van der Waals surface area contributed by atoms with Gasteiger partial charge in [0.2, 0.25) is 0 Å². The number of aliphatic hydroxyl groups is 1. The molecule has 20 heavy (non-hydrogen) atoms. The Morgan fingerprint density at radius 2 is 2.00 bits per heavy atom. The lowest BCUT2D eigenvalue weighted by Crippen LogP contribution is -2.26. The number of hydrogen-bond donors (Lipinski definition) is 2. The summed E-state index contributed by atoms with van der Waals surface area (Å²) in [6.45, 7) is 1.61. The van der Waals surface area contributed by atoms with E-state index in [1.165, 1.54) is 7.11 Å². The van der Waals surface area contributed by atoms with Gasteiger partial charge in [-0.3, -0.25) is 9.59 Å². The van der Waals surface area contributed by atoms with Crippen LogP contribution in [0.3, 0.4) is 0 Å². The molecule has 0 bridgehead atoms. The van der Waals surface area contributed by atoms with Crippen LogP contribution in [-0.2, 0) is 14.3 Å². The van der Waals surface area contributed by atoms with Gasteiger partial charge >= 0.3 is 11.9 Å². The third-order valence-electron chi connectivity index (χ3n) is 3.00. The zero-order valence-corrected chi connectivity index (χ0v) is 12.1. The zero-order valence-electron chi connectivity index (χ0n) is 12.1. The summed E-state index contributed by atoms with van der Waals surface area (Å²) in [5.41, 5.74) is 0. The average molecular weight is 284 g/mol. The minimum atomic E-state index is -1.07. The van der Waals surface area contributed by atoms with Gasteiger partial charge in [0.05, 0.1) is 19.6 Å². The monoisotopic (exact) mass is 284 g/mol. The summed E-state index contributed by atoms with van der Waals surface area (Å²) >= 11 is 0. The summed E-state index contributed by atoms with van der Waals surface area (Å²) in [7, 11) is 1.29. The van der Waals surface area contributed by atoms with Gasteiger partial charge < -0.3 is 14.9 Å². The molecule has 0 amide bonds. The first-order valence-electron chi connectivity index (χ1n) is 6.80. The van der Waals surface area contributed by atoms with Crippen molar-refractivity contribution >= 4 is 11.9 Å². The van der Waals surface area contributed by atoms with E-state index in [1.54, 1.807) is 12.2 Å². The Labute approximate surface area is 119 Å². The van der Waals surface area contributed by atoms with Gasteiger partial charge in [-0.2, -0.15) is 0 Å². The number of allylic oxidation sites excluding steroid dienone is 4. The molecule has 0 radical (unpaired) electrons. The van der Waals surface area contributed by atoms with Crippen molar-refractivity contribution in [2.45, 2.75) is 32.6 Å². The standard InChI is InChI=1S/C15H24O5/c1-3-4-5-6-7-8-12(9-10-14(17)20-2)13(11-16)15(18)19/h5-8,12-13,16H,3-4,9-11H2,1-2H3,(H,18,19)/b6-5+,8-7+/t12-,13+/m0/s1. The van der Waals surface area contributed by atoms with Crippen LogP contribution in [0.5, 0.6) is 0 Å². The van der Waals surface area contributed by atoms with Gasteiger partial charge in [0.1, 0.15) is 0 Å². The van der Waals surface area contributed by atoms with Crippen LogP contribution in [0.25, 0.3) is 0 Å². The molecule has 0 aromatic rings. The van der Waals surface area contributed by atoms with Crippen molar-refractivity contribution in [3.05, 3.63) is 24.3 Å². The number of unbranched alkanes of at least 4 members (excludes halogenated alkanes) is 1. The first-order chi connectivity index (χ1) is 9.56. The van der Waals surface area contributed by atoms with E-state index in [2.05, 4.69) is 11.7 Å². The molecule has 0 fully saturated rings. The molecule has 0 saturated heterocycles. The number of hydrogen-bond acceptors (Lipinski definition) is 4. The summed E-state index contributed by atoms with van der Waals surface area (Å²) in [5.74, 6) is -2.75. The fourth-order valence-electron chi connectivity index (χ4n) is 1.76. The number of aliphatic carboxylic acids is 1. The molecule has 0 unspecified atom stereocenters. The van der Waals surface area contributed by atoms with Gasteiger partial charge in [-0.25, -0.2) is 0 Å². The summed E-state index contributed by atoms with van der Waals surface area (Å²) < 4.78 is 4.55. The van der Waals surface area contributed by atoms with Crippen LogP contribution in [0.4, 0.5) is 0 Å². The highest BCUT2D eigenvalue weighted by Crippen LogP contribution is 2.20. The van der Waals surface area contributed by atoms with Crippen LogP contribution in [0, 0.1) is 11.8 Å². The molecule has 0 aromatic heterocycles. The normalized spacial score (nSPS) is 14.6. The summed E-state index contributed by atoms with van der Waals surface area (Å²) in [5, 5.41) is 18.3. The fourth-order valence-corrected chi connectivity index (χ4v) is 1.76. The fraction of sp³-hybridized carbons (Fsp3) is 0.600. The molecule has 5 nitrogen and oxygen atoms in total. The van der Waals surface area contributed by atoms with Crippen molar-refractivity contribution in [2.24, 2.45) is 11.8 Å². The van der Waals surface area contributed by atoms with Gasteiger partial charge in [0.25, 0.3) is 0 Å². The molecular weight excluding hydrogens is 260 g/mol. The van der Waals surface area contributed by atoms with Crippen LogP contribution >= 0.6 is 0 Å². The van der Waals surface area contributed by atoms with Crippen molar-refractivity contribution < 1.29 is 24.5 Å². The number of methoxy groups -OCH3 is 1. The van der Waals surface area contributed by atoms with E-state index in [4.69, 9.17) is 5.11 Å². The molecule has 0 aliphatic carbocycles. The van der Waals surface area contributed by atoms with Crippen molar-refractivity contribution in [1.82, 2.24) is 0 Å². The minimum absolute atomic E-state index is 0.133. The highest BCUT2D eigenvalue weighted by atomic mass is 16.5. The zero-order chi connectivity index (χ0) is 15.4. The molecule has 0 aliphatic rings. The number of rotatable bonds is 10. The maximum Gasteiger partial charge on any atom is 0.309 e. The van der Waals surface area contributed by atoms with Crippen molar-refractivity contribution in [3.8, 4) is 0 Å². The minimum Gasteiger partial charge on any atom is -0.481 e. The van der Waals surface area contributed by atoms with Gasteiger partial charge in [0.15, 0.2) is 0 Å². The molecule has 2 atom stereocenters. The second-order valence-electron chi connectivity index (χ2n) is 4.51. The van der Waals surface area contributed by atoms with E-state index < -0.39 is 24.4 Å². The van der Waals surface area contributed by atoms with Gasteiger partial charge in [-0.05, 0) is 18.8 Å². The third-order valence-corrected chi connectivity index (χ3v) is 3.00. The first-order valence-corrected chi connectivity index (χ1v) is 6.80. The molecule has 0 spiro atoms. The summed E-state index contributed by atoms with van der Waals surface area (Å²) in [6.07, 6.45) is 9.81. The lowest BCUT2D eigenvalue weighted by Gasteiger charge is -2.18. The van der Waals surface area contributed by atoms with E-state index in [9.17, 15) is 14.7 Å². The van der Waals surface area contributed by atoms with Crippen LogP contribution in [0.2, 0.25) is 0 Å². The number of ether oxygens (including phenoxy) is 1. The second kappa shape index (κ2) is 11.2. The lowest BCUT2D eigenvalue weighted by atomic mass is 9.88. The number of carboxylic acid groups (broad SMARTS) is 1. The molecule has 5 heteroatoms. The number of aliphatic hydroxyl groups excluding tert-OH is 1. The van der Waals surface area contributed by atoms with E-state index >= 15 is 0 Å². The number of esters is 1. The molecule has 0 rings (SSSR count). The molecular formula is C15H24O5. The number of carbonyl (C=O) groups is 2. The van der Waals surface area contributed by atoms with E-state index in [-0.39, 0.29) is 12.4 Å². The predicted octanol–water partition coefficient (Wildman–Crippen LogP) is 2.16. The quantitative estimate of drug-likeness (QED) is 0.474. The van der Waals surface area contributed by atoms with E-state index in [0.717, 1.165) is 12.8 Å². The Morgan fingerprint density at radius 1 is 1.30 bits per heavy atom. The van der Waals surface area contributed by atoms with Crippen molar-refractivity contribution in [1.29, 1.82) is 0 Å². The Kier molecular flexibility index (Phi) is 10.3. The number of carbonyl (C=O) groups excluding carboxylic acids is 1. The highest BCUT2D eigenvalue weighted by molar-refractivity contribution is 5.71. The highest BCUT2D eigenvalue weighted by Gasteiger charge is 2.25. The first kappa shape index (κ1) is 18.4. The molecule has 0 aromatic carbocycles. The Bertz CT molecular complexity index is 346. The van der Waals surface area contributed by atoms with Gasteiger partial charge in [-0.15, -0.1) is 0 Å². The Balaban J connectivity index is 4.68. The van der Waals surface area contributed by atoms with Crippen molar-refractivity contribution in [2.75, 3.05) is 13.7 Å². The molecule has 0 heterocycles. The Morgan fingerprint density at radius 3 is 2.50 bits per heavy atom. The van der Waals surface area contributed by atoms with Crippen LogP contribution in [0.1, 0.15) is 32.6 Å². The second-order valence-corrected chi connectivity index (χ2v) is 4.51. The average Bonchev–Trinajstić information content (AvgIpc) is 2.43. The topological polar surface area (TPSA) is 83.8 Å². The number of carboxylic acids is 1. The maximum atomic E-state index is 11.1. The molecule has 0 saturated carbocycles. The van der Waals surface area contributed by atoms with Crippen molar-refractivity contribution in [3.63, 3.8) is 0 Å². The smallest absolute Gasteiger partial charge is 0.309 e. The van der Waals surface area contributed by atoms with Gasteiger partial charge in [0, 0.05) is 6.42 Å². The van der Waals surface area contributed by atoms with E-state index in [0.29, 0.717) is 6.42 Å². The molecule has 0 aliphatic heterocycles.